The minimum atomic E-state index is 0.0132. The summed E-state index contributed by atoms with van der Waals surface area (Å²) in [4.78, 5) is 34.6. The molecule has 0 fully saturated rings. The fourth-order valence-corrected chi connectivity index (χ4v) is 2.60. The van der Waals surface area contributed by atoms with E-state index >= 15 is 0 Å². The average Bonchev–Trinajstić information content (AvgIpc) is 2.61. The summed E-state index contributed by atoms with van der Waals surface area (Å²) >= 11 is 0. The SMILES string of the molecule is CCCNCC(=O)NCCCCC(=O)NCCCCCCC(=O)CCC. The van der Waals surface area contributed by atoms with Crippen molar-refractivity contribution in [1.29, 1.82) is 0 Å². The zero-order chi connectivity index (χ0) is 19.5. The number of carbonyl (C=O) groups is 3. The number of rotatable bonds is 18. The summed E-state index contributed by atoms with van der Waals surface area (Å²) in [6.07, 6.45) is 9.51. The normalized spacial score (nSPS) is 10.5. The molecule has 0 saturated carbocycles. The Morgan fingerprint density at radius 3 is 1.92 bits per heavy atom. The standard InChI is InChI=1S/C20H39N3O3/c1-3-11-18(24)12-7-5-6-9-15-22-19(25)13-8-10-16-23-20(26)17-21-14-4-2/h21H,3-17H2,1-2H3,(H,22,25)(H,23,26). The molecule has 26 heavy (non-hydrogen) atoms. The largest absolute Gasteiger partial charge is 0.356 e. The highest BCUT2D eigenvalue weighted by Gasteiger charge is 2.03. The third kappa shape index (κ3) is 17.4. The first-order chi connectivity index (χ1) is 12.6. The van der Waals surface area contributed by atoms with Crippen LogP contribution in [0.25, 0.3) is 0 Å². The zero-order valence-corrected chi connectivity index (χ0v) is 16.8. The molecule has 3 N–H and O–H groups in total. The van der Waals surface area contributed by atoms with Gasteiger partial charge in [0.05, 0.1) is 6.54 Å². The first kappa shape index (κ1) is 24.6. The Hall–Kier alpha value is -1.43. The lowest BCUT2D eigenvalue weighted by atomic mass is 10.1. The van der Waals surface area contributed by atoms with Crippen molar-refractivity contribution in [3.63, 3.8) is 0 Å². The lowest BCUT2D eigenvalue weighted by Gasteiger charge is -2.07. The second kappa shape index (κ2) is 18.4. The van der Waals surface area contributed by atoms with Crippen molar-refractivity contribution >= 4 is 17.6 Å². The van der Waals surface area contributed by atoms with Crippen LogP contribution in [0.3, 0.4) is 0 Å². The number of Topliss-reactive ketones (excluding diaryl/α,β-unsaturated/α-hetero) is 1. The van der Waals surface area contributed by atoms with E-state index in [1.165, 1.54) is 0 Å². The van der Waals surface area contributed by atoms with Crippen LogP contribution >= 0.6 is 0 Å². The maximum atomic E-state index is 11.7. The number of unbranched alkanes of at least 4 members (excludes halogenated alkanes) is 4. The summed E-state index contributed by atoms with van der Waals surface area (Å²) < 4.78 is 0. The summed E-state index contributed by atoms with van der Waals surface area (Å²) in [5, 5.41) is 8.83. The molecule has 6 heteroatoms. The van der Waals surface area contributed by atoms with Crippen molar-refractivity contribution in [2.45, 2.75) is 84.5 Å². The van der Waals surface area contributed by atoms with Crippen LogP contribution in [0.2, 0.25) is 0 Å². The third-order valence-electron chi connectivity index (χ3n) is 4.10. The molecular formula is C20H39N3O3. The molecule has 0 aromatic heterocycles. The summed E-state index contributed by atoms with van der Waals surface area (Å²) in [6.45, 7) is 6.64. The molecule has 0 aliphatic carbocycles. The number of hydrogen-bond acceptors (Lipinski definition) is 4. The maximum absolute atomic E-state index is 11.7. The smallest absolute Gasteiger partial charge is 0.233 e. The fraction of sp³-hybridized carbons (Fsp3) is 0.850. The van der Waals surface area contributed by atoms with Crippen LogP contribution in [0, 0.1) is 0 Å². The summed E-state index contributed by atoms with van der Waals surface area (Å²) in [7, 11) is 0. The van der Waals surface area contributed by atoms with E-state index in [9.17, 15) is 14.4 Å². The molecule has 0 radical (unpaired) electrons. The van der Waals surface area contributed by atoms with Gasteiger partial charge in [0.1, 0.15) is 5.78 Å². The number of amides is 2. The van der Waals surface area contributed by atoms with Crippen LogP contribution in [0.5, 0.6) is 0 Å². The molecule has 0 aliphatic rings. The molecular weight excluding hydrogens is 330 g/mol. The molecule has 0 spiro atoms. The molecule has 2 amide bonds. The van der Waals surface area contributed by atoms with Crippen LogP contribution in [0.1, 0.15) is 84.5 Å². The average molecular weight is 370 g/mol. The van der Waals surface area contributed by atoms with Gasteiger partial charge in [-0.2, -0.15) is 0 Å². The van der Waals surface area contributed by atoms with Crippen molar-refractivity contribution in [1.82, 2.24) is 16.0 Å². The molecule has 0 unspecified atom stereocenters. The molecule has 0 aliphatic heterocycles. The Labute approximate surface area is 159 Å². The lowest BCUT2D eigenvalue weighted by Crippen LogP contribution is -2.34. The van der Waals surface area contributed by atoms with Crippen molar-refractivity contribution in [2.75, 3.05) is 26.2 Å². The molecule has 6 nitrogen and oxygen atoms in total. The first-order valence-electron chi connectivity index (χ1n) is 10.4. The molecule has 0 rings (SSSR count). The molecule has 0 aromatic carbocycles. The Kier molecular flexibility index (Phi) is 17.4. The Morgan fingerprint density at radius 2 is 1.23 bits per heavy atom. The maximum Gasteiger partial charge on any atom is 0.233 e. The van der Waals surface area contributed by atoms with Gasteiger partial charge in [-0.1, -0.05) is 26.7 Å². The van der Waals surface area contributed by atoms with Gasteiger partial charge in [-0.25, -0.2) is 0 Å². The minimum absolute atomic E-state index is 0.0132. The van der Waals surface area contributed by atoms with Gasteiger partial charge in [0.25, 0.3) is 0 Å². The molecule has 152 valence electrons. The van der Waals surface area contributed by atoms with Gasteiger partial charge >= 0.3 is 0 Å². The monoisotopic (exact) mass is 369 g/mol. The molecule has 0 aromatic rings. The van der Waals surface area contributed by atoms with Crippen LogP contribution in [-0.4, -0.2) is 43.8 Å². The van der Waals surface area contributed by atoms with Crippen LogP contribution in [-0.2, 0) is 14.4 Å². The molecule has 0 bridgehead atoms. The van der Waals surface area contributed by atoms with Gasteiger partial charge in [-0.05, 0) is 45.1 Å². The van der Waals surface area contributed by atoms with Crippen LogP contribution < -0.4 is 16.0 Å². The highest BCUT2D eigenvalue weighted by Crippen LogP contribution is 2.05. The molecule has 0 saturated heterocycles. The van der Waals surface area contributed by atoms with Gasteiger partial charge in [0.15, 0.2) is 0 Å². The fourth-order valence-electron chi connectivity index (χ4n) is 2.60. The van der Waals surface area contributed by atoms with Gasteiger partial charge in [0, 0.05) is 32.4 Å². The highest BCUT2D eigenvalue weighted by atomic mass is 16.2. The predicted octanol–water partition coefficient (Wildman–Crippen LogP) is 2.71. The second-order valence-electron chi connectivity index (χ2n) is 6.79. The van der Waals surface area contributed by atoms with Crippen molar-refractivity contribution < 1.29 is 14.4 Å². The number of hydrogen-bond donors (Lipinski definition) is 3. The predicted molar refractivity (Wildman–Crippen MR) is 106 cm³/mol. The Balaban J connectivity index is 3.34. The topological polar surface area (TPSA) is 87.3 Å². The van der Waals surface area contributed by atoms with Crippen molar-refractivity contribution in [2.24, 2.45) is 0 Å². The van der Waals surface area contributed by atoms with Crippen LogP contribution in [0.15, 0.2) is 0 Å². The quantitative estimate of drug-likeness (QED) is 0.324. The van der Waals surface area contributed by atoms with E-state index in [2.05, 4.69) is 22.9 Å². The lowest BCUT2D eigenvalue weighted by molar-refractivity contribution is -0.121. The Bertz CT molecular complexity index is 386. The summed E-state index contributed by atoms with van der Waals surface area (Å²) in [5.41, 5.74) is 0. The van der Waals surface area contributed by atoms with Gasteiger partial charge in [0.2, 0.25) is 11.8 Å². The number of carbonyl (C=O) groups excluding carboxylic acids is 3. The summed E-state index contributed by atoms with van der Waals surface area (Å²) in [6, 6.07) is 0. The zero-order valence-electron chi connectivity index (χ0n) is 16.8. The van der Waals surface area contributed by atoms with E-state index in [0.717, 1.165) is 57.9 Å². The van der Waals surface area contributed by atoms with E-state index in [0.29, 0.717) is 44.7 Å². The van der Waals surface area contributed by atoms with E-state index in [1.807, 2.05) is 6.92 Å². The van der Waals surface area contributed by atoms with Gasteiger partial charge < -0.3 is 16.0 Å². The first-order valence-corrected chi connectivity index (χ1v) is 10.4. The molecule has 0 heterocycles. The number of ketones is 1. The second-order valence-corrected chi connectivity index (χ2v) is 6.79. The van der Waals surface area contributed by atoms with E-state index < -0.39 is 0 Å². The van der Waals surface area contributed by atoms with Crippen molar-refractivity contribution in [3.05, 3.63) is 0 Å². The summed E-state index contributed by atoms with van der Waals surface area (Å²) in [5.74, 6) is 0.465. The number of nitrogens with one attached hydrogen (secondary N) is 3. The van der Waals surface area contributed by atoms with Gasteiger partial charge in [-0.3, -0.25) is 14.4 Å². The van der Waals surface area contributed by atoms with Crippen molar-refractivity contribution in [3.8, 4) is 0 Å². The van der Waals surface area contributed by atoms with Crippen LogP contribution in [0.4, 0.5) is 0 Å². The van der Waals surface area contributed by atoms with E-state index in [4.69, 9.17) is 0 Å². The molecule has 0 atom stereocenters. The third-order valence-corrected chi connectivity index (χ3v) is 4.10. The Morgan fingerprint density at radius 1 is 0.615 bits per heavy atom. The minimum Gasteiger partial charge on any atom is -0.356 e. The van der Waals surface area contributed by atoms with Gasteiger partial charge in [-0.15, -0.1) is 0 Å². The van der Waals surface area contributed by atoms with E-state index in [1.54, 1.807) is 0 Å². The van der Waals surface area contributed by atoms with E-state index in [-0.39, 0.29) is 11.8 Å². The highest BCUT2D eigenvalue weighted by molar-refractivity contribution is 5.78.